The number of nitrogens with one attached hydrogen (secondary N) is 2. The Balaban J connectivity index is 1.04. The van der Waals surface area contributed by atoms with Crippen LogP contribution in [0.15, 0.2) is 71.7 Å². The van der Waals surface area contributed by atoms with Crippen molar-refractivity contribution < 1.29 is 14.3 Å². The van der Waals surface area contributed by atoms with Crippen LogP contribution in [0, 0.1) is 5.41 Å². The summed E-state index contributed by atoms with van der Waals surface area (Å²) in [6.45, 7) is 3.74. The Morgan fingerprint density at radius 3 is 2.37 bits per heavy atom. The molecule has 0 saturated carbocycles. The highest BCUT2D eigenvalue weighted by molar-refractivity contribution is 6.05. The fourth-order valence-corrected chi connectivity index (χ4v) is 5.85. The van der Waals surface area contributed by atoms with Crippen LogP contribution in [0.4, 0.5) is 0 Å². The number of methoxy groups -OCH3 is 1. The highest BCUT2D eigenvalue weighted by atomic mass is 16.5. The van der Waals surface area contributed by atoms with Gasteiger partial charge in [0.15, 0.2) is 0 Å². The first-order valence-electron chi connectivity index (χ1n) is 13.9. The van der Waals surface area contributed by atoms with E-state index in [0.717, 1.165) is 60.1 Å². The Labute approximate surface area is 239 Å². The van der Waals surface area contributed by atoms with Gasteiger partial charge in [-0.15, -0.1) is 0 Å². The molecule has 2 saturated heterocycles. The summed E-state index contributed by atoms with van der Waals surface area (Å²) in [7, 11) is 3.12. The van der Waals surface area contributed by atoms with E-state index in [1.807, 2.05) is 66.7 Å². The lowest BCUT2D eigenvalue weighted by atomic mass is 10.1. The highest BCUT2D eigenvalue weighted by Gasteiger charge is 2.43. The van der Waals surface area contributed by atoms with Crippen LogP contribution in [-0.2, 0) is 17.8 Å². The van der Waals surface area contributed by atoms with E-state index >= 15 is 0 Å². The van der Waals surface area contributed by atoms with Gasteiger partial charge in [-0.3, -0.25) is 9.80 Å². The number of benzene rings is 3. The summed E-state index contributed by atoms with van der Waals surface area (Å²) in [5.74, 6) is 2.13. The summed E-state index contributed by atoms with van der Waals surface area (Å²) in [5.41, 5.74) is 5.06. The molecule has 2 aliphatic rings. The first kappa shape index (κ1) is 26.9. The van der Waals surface area contributed by atoms with Crippen molar-refractivity contribution >= 4 is 28.9 Å². The van der Waals surface area contributed by atoms with Crippen molar-refractivity contribution in [3.05, 3.63) is 89.2 Å². The van der Waals surface area contributed by atoms with E-state index in [-0.39, 0.29) is 5.97 Å². The molecule has 6 rings (SSSR count). The van der Waals surface area contributed by atoms with Crippen LogP contribution in [0.2, 0.25) is 0 Å². The van der Waals surface area contributed by atoms with Gasteiger partial charge in [0.2, 0.25) is 0 Å². The minimum atomic E-state index is -0.302. The molecular weight excluding hydrogens is 516 g/mol. The molecule has 3 aromatic carbocycles. The van der Waals surface area contributed by atoms with Gasteiger partial charge in [-0.2, -0.15) is 0 Å². The molecule has 41 heavy (non-hydrogen) atoms. The average molecular weight is 551 g/mol. The second-order valence-corrected chi connectivity index (χ2v) is 10.7. The van der Waals surface area contributed by atoms with Crippen LogP contribution in [0.1, 0.15) is 40.2 Å². The highest BCUT2D eigenvalue weighted by Crippen LogP contribution is 2.33. The molecule has 0 amide bonds. The van der Waals surface area contributed by atoms with Crippen LogP contribution in [-0.4, -0.2) is 77.0 Å². The second-order valence-electron chi connectivity index (χ2n) is 10.7. The zero-order valence-corrected chi connectivity index (χ0v) is 23.3. The molecule has 2 bridgehead atoms. The Morgan fingerprint density at radius 1 is 1.00 bits per heavy atom. The van der Waals surface area contributed by atoms with Crippen molar-refractivity contribution in [2.45, 2.75) is 38.0 Å². The standard InChI is InChI=1S/C32H34N6O3/c1-34-14-13-28(33)22-7-9-26(10-8-22)41-27-11-12-29-30(16-27)36-31(35-29)20-38-19-24-15-25(38)18-37(24)17-21-3-5-23(6-4-21)32(39)40-2/h3-12,14,16,24-25,33H,13,15,17-20H2,1-2H3,(H,35,36). The van der Waals surface area contributed by atoms with E-state index in [1.54, 1.807) is 13.3 Å². The van der Waals surface area contributed by atoms with E-state index < -0.39 is 0 Å². The maximum absolute atomic E-state index is 11.7. The summed E-state index contributed by atoms with van der Waals surface area (Å²) >= 11 is 0. The zero-order valence-electron chi connectivity index (χ0n) is 23.3. The lowest BCUT2D eigenvalue weighted by molar-refractivity contribution is 0.0600. The van der Waals surface area contributed by atoms with Crippen molar-refractivity contribution in [3.63, 3.8) is 0 Å². The third-order valence-electron chi connectivity index (χ3n) is 8.00. The molecule has 210 valence electrons. The number of aromatic amines is 1. The Morgan fingerprint density at radius 2 is 1.68 bits per heavy atom. The number of likely N-dealkylation sites (tertiary alicyclic amines) is 2. The quantitative estimate of drug-likeness (QED) is 0.211. The Bertz CT molecular complexity index is 1580. The third-order valence-corrected chi connectivity index (χ3v) is 8.00. The summed E-state index contributed by atoms with van der Waals surface area (Å²) in [5, 5.41) is 8.14. The van der Waals surface area contributed by atoms with Crippen LogP contribution < -0.4 is 4.74 Å². The predicted octanol–water partition coefficient (Wildman–Crippen LogP) is 5.06. The number of aromatic nitrogens is 2. The van der Waals surface area contributed by atoms with Crippen molar-refractivity contribution in [1.82, 2.24) is 19.8 Å². The van der Waals surface area contributed by atoms with Gasteiger partial charge in [-0.1, -0.05) is 12.1 Å². The number of rotatable bonds is 10. The van der Waals surface area contributed by atoms with E-state index in [2.05, 4.69) is 19.8 Å². The van der Waals surface area contributed by atoms with Crippen LogP contribution in [0.5, 0.6) is 11.5 Å². The number of hydrogen-bond acceptors (Lipinski definition) is 8. The summed E-state index contributed by atoms with van der Waals surface area (Å²) in [4.78, 5) is 29.1. The minimum Gasteiger partial charge on any atom is -0.465 e. The lowest BCUT2D eigenvalue weighted by Gasteiger charge is -2.33. The van der Waals surface area contributed by atoms with Crippen molar-refractivity contribution in [2.75, 3.05) is 27.2 Å². The molecule has 9 heteroatoms. The normalized spacial score (nSPS) is 18.9. The number of hydrogen-bond donors (Lipinski definition) is 2. The van der Waals surface area contributed by atoms with Crippen LogP contribution in [0.3, 0.4) is 0 Å². The Kier molecular flexibility index (Phi) is 7.63. The fourth-order valence-electron chi connectivity index (χ4n) is 5.85. The number of H-pyrrole nitrogens is 1. The van der Waals surface area contributed by atoms with E-state index in [0.29, 0.717) is 29.8 Å². The van der Waals surface area contributed by atoms with Gasteiger partial charge in [-0.05, 0) is 66.1 Å². The number of esters is 1. The minimum absolute atomic E-state index is 0.302. The number of imidazole rings is 1. The van der Waals surface area contributed by atoms with Gasteiger partial charge in [0, 0.05) is 63.2 Å². The fraction of sp³-hybridized carbons (Fsp3) is 0.312. The molecule has 4 aromatic rings. The van der Waals surface area contributed by atoms with E-state index in [1.165, 1.54) is 19.1 Å². The molecule has 2 N–H and O–H groups in total. The average Bonchev–Trinajstić information content (AvgIpc) is 3.70. The van der Waals surface area contributed by atoms with E-state index in [9.17, 15) is 4.79 Å². The van der Waals surface area contributed by atoms with Gasteiger partial charge in [0.1, 0.15) is 17.3 Å². The number of aliphatic imine (C=N–C) groups is 1. The smallest absolute Gasteiger partial charge is 0.337 e. The number of fused-ring (bicyclic) bond motifs is 3. The second kappa shape index (κ2) is 11.6. The zero-order chi connectivity index (χ0) is 28.3. The number of carbonyl (C=O) groups excluding carboxylic acids is 1. The molecule has 0 aliphatic carbocycles. The summed E-state index contributed by atoms with van der Waals surface area (Å²) in [6.07, 6.45) is 3.42. The van der Waals surface area contributed by atoms with Gasteiger partial charge in [-0.25, -0.2) is 9.78 Å². The maximum atomic E-state index is 11.7. The Hall–Kier alpha value is -4.34. The number of piperazine rings is 1. The lowest BCUT2D eigenvalue weighted by Crippen LogP contribution is -2.45. The third kappa shape index (κ3) is 5.91. The molecule has 2 aliphatic heterocycles. The van der Waals surface area contributed by atoms with Gasteiger partial charge >= 0.3 is 5.97 Å². The number of nitrogens with zero attached hydrogens (tertiary/aromatic N) is 4. The summed E-state index contributed by atoms with van der Waals surface area (Å²) in [6, 6.07) is 22.3. The molecule has 0 spiro atoms. The van der Waals surface area contributed by atoms with Gasteiger partial charge < -0.3 is 24.9 Å². The number of carbonyl (C=O) groups is 1. The molecule has 9 nitrogen and oxygen atoms in total. The largest absolute Gasteiger partial charge is 0.465 e. The SMILES string of the molecule is CN=CCC(=N)c1ccc(Oc2ccc3nc(CN4CC5CC4CN5Cc4ccc(C(=O)OC)cc4)[nH]c3c2)cc1. The van der Waals surface area contributed by atoms with Crippen molar-refractivity contribution in [1.29, 1.82) is 5.41 Å². The predicted molar refractivity (Wildman–Crippen MR) is 159 cm³/mol. The maximum Gasteiger partial charge on any atom is 0.337 e. The molecule has 2 atom stereocenters. The van der Waals surface area contributed by atoms with Crippen LogP contribution >= 0.6 is 0 Å². The molecule has 1 aromatic heterocycles. The van der Waals surface area contributed by atoms with Gasteiger partial charge in [0.25, 0.3) is 0 Å². The molecule has 0 radical (unpaired) electrons. The topological polar surface area (TPSA) is 107 Å². The summed E-state index contributed by atoms with van der Waals surface area (Å²) < 4.78 is 10.9. The van der Waals surface area contributed by atoms with Gasteiger partial charge in [0.05, 0.1) is 30.3 Å². The molecular formula is C32H34N6O3. The first-order valence-corrected chi connectivity index (χ1v) is 13.9. The van der Waals surface area contributed by atoms with Crippen LogP contribution in [0.25, 0.3) is 11.0 Å². The van der Waals surface area contributed by atoms with E-state index in [4.69, 9.17) is 19.9 Å². The molecule has 2 fully saturated rings. The number of ether oxygens (including phenoxy) is 2. The molecule has 3 heterocycles. The monoisotopic (exact) mass is 550 g/mol. The van der Waals surface area contributed by atoms with Crippen molar-refractivity contribution in [3.8, 4) is 11.5 Å². The molecule has 2 unspecified atom stereocenters. The first-order chi connectivity index (χ1) is 20.0. The van der Waals surface area contributed by atoms with Crippen molar-refractivity contribution in [2.24, 2.45) is 4.99 Å².